The summed E-state index contributed by atoms with van der Waals surface area (Å²) in [6.45, 7) is 8.39. The molecular formula is C29H33ClN4O6. The number of carbonyl (C=O) groups is 4. The SMILES string of the molecule is Cc1cc(C(=O)N[C@@H](CCC(=O)O)c2nc3cc(Cl)ccc3n2C(=O)OC(C)(C)C)ccc1C(=O)N1CCCC1. The lowest BCUT2D eigenvalue weighted by Crippen LogP contribution is -2.34. The smallest absolute Gasteiger partial charge is 0.420 e. The van der Waals surface area contributed by atoms with E-state index in [0.29, 0.717) is 32.7 Å². The molecule has 0 unspecified atom stereocenters. The van der Waals surface area contributed by atoms with Gasteiger partial charge in [-0.1, -0.05) is 11.6 Å². The maximum Gasteiger partial charge on any atom is 0.420 e. The lowest BCUT2D eigenvalue weighted by Gasteiger charge is -2.23. The summed E-state index contributed by atoms with van der Waals surface area (Å²) in [7, 11) is 0. The number of fused-ring (bicyclic) bond motifs is 1. The molecule has 2 heterocycles. The minimum Gasteiger partial charge on any atom is -0.481 e. The van der Waals surface area contributed by atoms with E-state index in [2.05, 4.69) is 10.3 Å². The van der Waals surface area contributed by atoms with Gasteiger partial charge in [-0.25, -0.2) is 14.3 Å². The van der Waals surface area contributed by atoms with E-state index in [1.54, 1.807) is 69.0 Å². The van der Waals surface area contributed by atoms with Gasteiger partial charge in [0.05, 0.1) is 17.1 Å². The highest BCUT2D eigenvalue weighted by Crippen LogP contribution is 2.28. The van der Waals surface area contributed by atoms with Gasteiger partial charge in [-0.3, -0.25) is 14.4 Å². The van der Waals surface area contributed by atoms with Crippen molar-refractivity contribution in [2.75, 3.05) is 13.1 Å². The van der Waals surface area contributed by atoms with Gasteiger partial charge >= 0.3 is 12.1 Å². The Bertz CT molecular complexity index is 1470. The van der Waals surface area contributed by atoms with E-state index >= 15 is 0 Å². The number of aromatic nitrogens is 2. The van der Waals surface area contributed by atoms with Crippen LogP contribution in [-0.2, 0) is 9.53 Å². The minimum absolute atomic E-state index is 0.0363. The second-order valence-electron chi connectivity index (χ2n) is 10.9. The van der Waals surface area contributed by atoms with E-state index in [9.17, 15) is 24.3 Å². The number of carboxylic acid groups (broad SMARTS) is 1. The fourth-order valence-corrected chi connectivity index (χ4v) is 4.88. The van der Waals surface area contributed by atoms with Crippen molar-refractivity contribution in [3.8, 4) is 0 Å². The minimum atomic E-state index is -1.07. The third kappa shape index (κ3) is 6.62. The molecule has 1 aromatic heterocycles. The summed E-state index contributed by atoms with van der Waals surface area (Å²) in [5.74, 6) is -1.51. The number of nitrogens with zero attached hydrogens (tertiary/aromatic N) is 3. The quantitative estimate of drug-likeness (QED) is 0.392. The molecule has 212 valence electrons. The number of aliphatic carboxylic acids is 1. The number of amides is 2. The van der Waals surface area contributed by atoms with Crippen LogP contribution in [0.1, 0.15) is 84.6 Å². The molecular weight excluding hydrogens is 536 g/mol. The first-order valence-electron chi connectivity index (χ1n) is 13.2. The van der Waals surface area contributed by atoms with Gasteiger partial charge in [0.15, 0.2) is 0 Å². The number of nitrogens with one attached hydrogen (secondary N) is 1. The molecule has 10 nitrogen and oxygen atoms in total. The first kappa shape index (κ1) is 29.1. The van der Waals surface area contributed by atoms with Crippen molar-refractivity contribution in [1.29, 1.82) is 0 Å². The number of imidazole rings is 1. The average Bonchev–Trinajstić information content (AvgIpc) is 3.53. The van der Waals surface area contributed by atoms with E-state index in [-0.39, 0.29) is 24.6 Å². The van der Waals surface area contributed by atoms with Gasteiger partial charge in [-0.2, -0.15) is 0 Å². The number of halogens is 1. The third-order valence-electron chi connectivity index (χ3n) is 6.59. The van der Waals surface area contributed by atoms with Crippen LogP contribution in [0.3, 0.4) is 0 Å². The van der Waals surface area contributed by atoms with Crippen molar-refractivity contribution < 1.29 is 29.0 Å². The van der Waals surface area contributed by atoms with Crippen LogP contribution in [-0.4, -0.2) is 62.1 Å². The lowest BCUT2D eigenvalue weighted by atomic mass is 10.0. The number of carboxylic acids is 1. The molecule has 3 aromatic rings. The molecule has 0 bridgehead atoms. The zero-order valence-corrected chi connectivity index (χ0v) is 23.7. The topological polar surface area (TPSA) is 131 Å². The maximum atomic E-state index is 13.4. The highest BCUT2D eigenvalue weighted by Gasteiger charge is 2.29. The first-order chi connectivity index (χ1) is 18.8. The van der Waals surface area contributed by atoms with Crippen molar-refractivity contribution in [3.05, 3.63) is 63.9 Å². The predicted octanol–water partition coefficient (Wildman–Crippen LogP) is 5.35. The Morgan fingerprint density at radius 3 is 2.42 bits per heavy atom. The molecule has 1 fully saturated rings. The Morgan fingerprint density at radius 2 is 1.80 bits per heavy atom. The Hall–Kier alpha value is -3.92. The molecule has 0 saturated carbocycles. The second kappa shape index (κ2) is 11.7. The molecule has 11 heteroatoms. The number of hydrogen-bond acceptors (Lipinski definition) is 6. The van der Waals surface area contributed by atoms with Crippen LogP contribution in [0, 0.1) is 6.92 Å². The van der Waals surface area contributed by atoms with Gasteiger partial charge in [-0.05, 0) is 88.9 Å². The molecule has 4 rings (SSSR count). The summed E-state index contributed by atoms with van der Waals surface area (Å²) in [6.07, 6.45) is 0.909. The number of ether oxygens (including phenoxy) is 1. The van der Waals surface area contributed by atoms with E-state index in [1.807, 2.05) is 0 Å². The highest BCUT2D eigenvalue weighted by molar-refractivity contribution is 6.31. The van der Waals surface area contributed by atoms with Gasteiger partial charge in [0.2, 0.25) is 0 Å². The fourth-order valence-electron chi connectivity index (χ4n) is 4.72. The molecule has 1 aliphatic heterocycles. The average molecular weight is 569 g/mol. The second-order valence-corrected chi connectivity index (χ2v) is 11.3. The lowest BCUT2D eigenvalue weighted by molar-refractivity contribution is -0.137. The van der Waals surface area contributed by atoms with Gasteiger partial charge in [0.1, 0.15) is 11.4 Å². The van der Waals surface area contributed by atoms with Crippen LogP contribution in [0.4, 0.5) is 4.79 Å². The van der Waals surface area contributed by atoms with Gasteiger partial charge in [0, 0.05) is 35.7 Å². The van der Waals surface area contributed by atoms with Crippen LogP contribution in [0.25, 0.3) is 11.0 Å². The van der Waals surface area contributed by atoms with Gasteiger partial charge in [-0.15, -0.1) is 0 Å². The number of carbonyl (C=O) groups excluding carboxylic acids is 3. The largest absolute Gasteiger partial charge is 0.481 e. The molecule has 0 spiro atoms. The van der Waals surface area contributed by atoms with Crippen molar-refractivity contribution in [1.82, 2.24) is 19.8 Å². The van der Waals surface area contributed by atoms with Crippen molar-refractivity contribution in [3.63, 3.8) is 0 Å². The summed E-state index contributed by atoms with van der Waals surface area (Å²) in [4.78, 5) is 57.4. The number of aryl methyl sites for hydroxylation is 1. The van der Waals surface area contributed by atoms with Crippen molar-refractivity contribution in [2.24, 2.45) is 0 Å². The third-order valence-corrected chi connectivity index (χ3v) is 6.83. The van der Waals surface area contributed by atoms with E-state index < -0.39 is 29.6 Å². The van der Waals surface area contributed by atoms with Crippen LogP contribution < -0.4 is 5.32 Å². The zero-order chi connectivity index (χ0) is 29.2. The molecule has 0 radical (unpaired) electrons. The normalized spacial score (nSPS) is 14.3. The van der Waals surface area contributed by atoms with Gasteiger partial charge < -0.3 is 20.1 Å². The molecule has 2 amide bonds. The van der Waals surface area contributed by atoms with Crippen LogP contribution >= 0.6 is 11.6 Å². The van der Waals surface area contributed by atoms with Crippen molar-refractivity contribution >= 4 is 46.5 Å². The maximum absolute atomic E-state index is 13.4. The molecule has 1 atom stereocenters. The van der Waals surface area contributed by atoms with Crippen LogP contribution in [0.2, 0.25) is 5.02 Å². The molecule has 2 N–H and O–H groups in total. The Morgan fingerprint density at radius 1 is 1.10 bits per heavy atom. The predicted molar refractivity (Wildman–Crippen MR) is 150 cm³/mol. The number of benzene rings is 2. The Balaban J connectivity index is 1.69. The molecule has 2 aromatic carbocycles. The number of hydrogen-bond donors (Lipinski definition) is 2. The zero-order valence-electron chi connectivity index (χ0n) is 23.0. The van der Waals surface area contributed by atoms with Gasteiger partial charge in [0.25, 0.3) is 11.8 Å². The summed E-state index contributed by atoms with van der Waals surface area (Å²) < 4.78 is 6.85. The first-order valence-corrected chi connectivity index (χ1v) is 13.6. The Kier molecular flexibility index (Phi) is 8.48. The summed E-state index contributed by atoms with van der Waals surface area (Å²) in [6, 6.07) is 8.68. The highest BCUT2D eigenvalue weighted by atomic mass is 35.5. The molecule has 0 aliphatic carbocycles. The van der Waals surface area contributed by atoms with E-state index in [1.165, 1.54) is 4.57 Å². The Labute approximate surface area is 237 Å². The van der Waals surface area contributed by atoms with Crippen LogP contribution in [0.5, 0.6) is 0 Å². The number of rotatable bonds is 7. The number of likely N-dealkylation sites (tertiary alicyclic amines) is 1. The van der Waals surface area contributed by atoms with Crippen molar-refractivity contribution in [2.45, 2.75) is 65.0 Å². The molecule has 1 saturated heterocycles. The fraction of sp³-hybridized carbons (Fsp3) is 0.414. The summed E-state index contributed by atoms with van der Waals surface area (Å²) in [5.41, 5.74) is 1.46. The van der Waals surface area contributed by atoms with Crippen LogP contribution in [0.15, 0.2) is 36.4 Å². The molecule has 1 aliphatic rings. The standard InChI is InChI=1S/C29H33ClN4O6/c1-17-15-18(7-9-20(17)27(38)33-13-5-6-14-33)26(37)32-21(10-12-24(35)36)25-31-22-16-19(30)8-11-23(22)34(25)28(39)40-29(2,3)4/h7-9,11,15-16,21H,5-6,10,12-14H2,1-4H3,(H,32,37)(H,35,36)/t21-/m0/s1. The van der Waals surface area contributed by atoms with E-state index in [4.69, 9.17) is 16.3 Å². The summed E-state index contributed by atoms with van der Waals surface area (Å²) in [5, 5.41) is 12.6. The molecule has 40 heavy (non-hydrogen) atoms. The summed E-state index contributed by atoms with van der Waals surface area (Å²) >= 11 is 6.16. The monoisotopic (exact) mass is 568 g/mol. The van der Waals surface area contributed by atoms with E-state index in [0.717, 1.165) is 25.9 Å².